The third-order valence-electron chi connectivity index (χ3n) is 3.24. The van der Waals surface area contributed by atoms with Crippen molar-refractivity contribution in [2.45, 2.75) is 12.5 Å². The number of carbonyl (C=O) groups is 1. The van der Waals surface area contributed by atoms with Crippen molar-refractivity contribution < 1.29 is 14.6 Å². The SMILES string of the molecule is CNC(=O)[C@@H](N)Cc1cc(I)c(Oc2ccc(O)c(I)c2)c(I)c1. The van der Waals surface area contributed by atoms with Gasteiger partial charge in [-0.1, -0.05) is 0 Å². The van der Waals surface area contributed by atoms with Gasteiger partial charge in [0.05, 0.1) is 16.8 Å². The fraction of sp³-hybridized carbons (Fsp3) is 0.188. The molecule has 2 aromatic rings. The van der Waals surface area contributed by atoms with E-state index in [1.54, 1.807) is 25.2 Å². The van der Waals surface area contributed by atoms with Crippen LogP contribution in [-0.2, 0) is 11.2 Å². The summed E-state index contributed by atoms with van der Waals surface area (Å²) >= 11 is 6.46. The maximum Gasteiger partial charge on any atom is 0.237 e. The van der Waals surface area contributed by atoms with Crippen molar-refractivity contribution in [1.82, 2.24) is 5.32 Å². The van der Waals surface area contributed by atoms with Crippen LogP contribution in [0.3, 0.4) is 0 Å². The first-order valence-corrected chi connectivity index (χ1v) is 10.2. The Kier molecular flexibility index (Phi) is 7.37. The number of likely N-dealkylation sites (N-methyl/N-ethyl adjacent to an activating group) is 1. The van der Waals surface area contributed by atoms with E-state index in [1.807, 2.05) is 12.1 Å². The van der Waals surface area contributed by atoms with Crippen LogP contribution in [0.5, 0.6) is 17.2 Å². The van der Waals surface area contributed by atoms with E-state index in [4.69, 9.17) is 10.5 Å². The highest BCUT2D eigenvalue weighted by Gasteiger charge is 2.16. The molecular formula is C16H15I3N2O3. The summed E-state index contributed by atoms with van der Waals surface area (Å²) in [4.78, 5) is 11.6. The highest BCUT2D eigenvalue weighted by Crippen LogP contribution is 2.34. The van der Waals surface area contributed by atoms with Gasteiger partial charge in [-0.2, -0.15) is 0 Å². The summed E-state index contributed by atoms with van der Waals surface area (Å²) in [5.41, 5.74) is 6.86. The van der Waals surface area contributed by atoms with E-state index in [2.05, 4.69) is 73.1 Å². The standard InChI is InChI=1S/C16H15I3N2O3/c1-21-16(23)13(20)6-8-4-11(18)15(12(19)5-8)24-9-2-3-14(22)10(17)7-9/h2-5,7,13,22H,6,20H2,1H3,(H,21,23)/t13-/m0/s1. The fourth-order valence-electron chi connectivity index (χ4n) is 2.03. The summed E-state index contributed by atoms with van der Waals surface area (Å²) in [5.74, 6) is 1.45. The molecule has 0 radical (unpaired) electrons. The Morgan fingerprint density at radius 1 is 1.21 bits per heavy atom. The van der Waals surface area contributed by atoms with Crippen molar-refractivity contribution in [1.29, 1.82) is 0 Å². The molecule has 1 amide bonds. The minimum absolute atomic E-state index is 0.181. The molecule has 2 aromatic carbocycles. The molecule has 0 aliphatic rings. The summed E-state index contributed by atoms with van der Waals surface area (Å²) < 4.78 is 8.55. The van der Waals surface area contributed by atoms with Crippen LogP contribution in [0.15, 0.2) is 30.3 Å². The molecule has 0 spiro atoms. The number of hydrogen-bond donors (Lipinski definition) is 3. The van der Waals surface area contributed by atoms with E-state index < -0.39 is 6.04 Å². The number of amides is 1. The van der Waals surface area contributed by atoms with Gasteiger partial charge in [-0.05, 0) is 110 Å². The molecule has 128 valence electrons. The summed E-state index contributed by atoms with van der Waals surface area (Å²) in [6.45, 7) is 0. The van der Waals surface area contributed by atoms with Gasteiger partial charge in [-0.3, -0.25) is 4.79 Å². The van der Waals surface area contributed by atoms with Gasteiger partial charge in [0.2, 0.25) is 5.91 Å². The second-order valence-electron chi connectivity index (χ2n) is 5.03. The third kappa shape index (κ3) is 5.08. The molecule has 0 saturated carbocycles. The number of aromatic hydroxyl groups is 1. The third-order valence-corrected chi connectivity index (χ3v) is 5.70. The number of nitrogens with two attached hydrogens (primary N) is 1. The number of hydrogen-bond acceptors (Lipinski definition) is 4. The molecule has 24 heavy (non-hydrogen) atoms. The largest absolute Gasteiger partial charge is 0.507 e. The predicted octanol–water partition coefficient (Wildman–Crippen LogP) is 3.61. The minimum atomic E-state index is -0.577. The smallest absolute Gasteiger partial charge is 0.237 e. The number of carbonyl (C=O) groups excluding carboxylic acids is 1. The number of phenols is 1. The van der Waals surface area contributed by atoms with Crippen molar-refractivity contribution in [3.63, 3.8) is 0 Å². The Morgan fingerprint density at radius 2 is 1.83 bits per heavy atom. The number of rotatable bonds is 5. The molecule has 0 bridgehead atoms. The predicted molar refractivity (Wildman–Crippen MR) is 119 cm³/mol. The van der Waals surface area contributed by atoms with Gasteiger partial charge in [0, 0.05) is 7.05 Å². The minimum Gasteiger partial charge on any atom is -0.507 e. The van der Waals surface area contributed by atoms with Gasteiger partial charge < -0.3 is 20.9 Å². The molecule has 0 heterocycles. The zero-order valence-electron chi connectivity index (χ0n) is 12.6. The lowest BCUT2D eigenvalue weighted by atomic mass is 10.1. The topological polar surface area (TPSA) is 84.6 Å². The van der Waals surface area contributed by atoms with Crippen molar-refractivity contribution in [2.24, 2.45) is 5.73 Å². The van der Waals surface area contributed by atoms with E-state index in [-0.39, 0.29) is 11.7 Å². The summed E-state index contributed by atoms with van der Waals surface area (Å²) in [6.07, 6.45) is 0.461. The van der Waals surface area contributed by atoms with Gasteiger partial charge in [0.25, 0.3) is 0 Å². The average molecular weight is 664 g/mol. The second-order valence-corrected chi connectivity index (χ2v) is 8.52. The average Bonchev–Trinajstić information content (AvgIpc) is 2.53. The van der Waals surface area contributed by atoms with Crippen LogP contribution >= 0.6 is 67.8 Å². The van der Waals surface area contributed by atoms with Gasteiger partial charge in [-0.25, -0.2) is 0 Å². The number of halogens is 3. The van der Waals surface area contributed by atoms with Gasteiger partial charge in [0.15, 0.2) is 5.75 Å². The van der Waals surface area contributed by atoms with Crippen molar-refractivity contribution in [2.75, 3.05) is 7.05 Å². The highest BCUT2D eigenvalue weighted by molar-refractivity contribution is 14.1. The van der Waals surface area contributed by atoms with Crippen LogP contribution in [0.2, 0.25) is 0 Å². The molecule has 0 aromatic heterocycles. The highest BCUT2D eigenvalue weighted by atomic mass is 127. The zero-order valence-corrected chi connectivity index (χ0v) is 19.1. The molecule has 2 rings (SSSR count). The molecule has 0 saturated heterocycles. The zero-order chi connectivity index (χ0) is 17.9. The van der Waals surface area contributed by atoms with Crippen molar-refractivity contribution in [3.8, 4) is 17.2 Å². The Bertz CT molecular complexity index is 745. The number of nitrogens with one attached hydrogen (secondary N) is 1. The van der Waals surface area contributed by atoms with Crippen LogP contribution in [0.25, 0.3) is 0 Å². The molecule has 0 fully saturated rings. The lowest BCUT2D eigenvalue weighted by molar-refractivity contribution is -0.121. The lowest BCUT2D eigenvalue weighted by Crippen LogP contribution is -2.40. The quantitative estimate of drug-likeness (QED) is 0.427. The van der Waals surface area contributed by atoms with Crippen LogP contribution in [0.1, 0.15) is 5.56 Å². The molecule has 1 atom stereocenters. The van der Waals surface area contributed by atoms with Crippen LogP contribution in [0, 0.1) is 10.7 Å². The van der Waals surface area contributed by atoms with Crippen LogP contribution in [0.4, 0.5) is 0 Å². The normalized spacial score (nSPS) is 11.9. The molecule has 8 heteroatoms. The van der Waals surface area contributed by atoms with Crippen molar-refractivity contribution >= 4 is 73.7 Å². The summed E-state index contributed by atoms with van der Waals surface area (Å²) in [7, 11) is 1.58. The summed E-state index contributed by atoms with van der Waals surface area (Å²) in [5, 5.41) is 12.1. The molecule has 5 nitrogen and oxygen atoms in total. The van der Waals surface area contributed by atoms with E-state index in [1.165, 1.54) is 0 Å². The Morgan fingerprint density at radius 3 is 2.38 bits per heavy atom. The van der Waals surface area contributed by atoms with Crippen LogP contribution in [-0.4, -0.2) is 24.1 Å². The van der Waals surface area contributed by atoms with E-state index in [9.17, 15) is 9.90 Å². The first kappa shape index (κ1) is 20.0. The number of ether oxygens (including phenoxy) is 1. The van der Waals surface area contributed by atoms with Gasteiger partial charge >= 0.3 is 0 Å². The van der Waals surface area contributed by atoms with Crippen LogP contribution < -0.4 is 15.8 Å². The van der Waals surface area contributed by atoms with Gasteiger partial charge in [-0.15, -0.1) is 0 Å². The molecule has 0 unspecified atom stereocenters. The van der Waals surface area contributed by atoms with E-state index >= 15 is 0 Å². The van der Waals surface area contributed by atoms with E-state index in [0.717, 1.165) is 22.0 Å². The van der Waals surface area contributed by atoms with Crippen molar-refractivity contribution in [3.05, 3.63) is 46.6 Å². The first-order chi connectivity index (χ1) is 11.3. The van der Waals surface area contributed by atoms with E-state index in [0.29, 0.717) is 12.2 Å². The molecule has 0 aliphatic heterocycles. The molecule has 4 N–H and O–H groups in total. The Labute approximate surface area is 181 Å². The Balaban J connectivity index is 2.23. The summed E-state index contributed by atoms with van der Waals surface area (Å²) in [6, 6.07) is 8.45. The number of benzene rings is 2. The maximum atomic E-state index is 11.6. The Hall–Kier alpha value is -0.340. The number of phenolic OH excluding ortho intramolecular Hbond substituents is 1. The van der Waals surface area contributed by atoms with Gasteiger partial charge in [0.1, 0.15) is 11.5 Å². The maximum absolute atomic E-state index is 11.6. The second kappa shape index (κ2) is 8.85. The fourth-order valence-corrected chi connectivity index (χ4v) is 4.63. The molecule has 0 aliphatic carbocycles. The lowest BCUT2D eigenvalue weighted by Gasteiger charge is -2.14. The molecular weight excluding hydrogens is 649 g/mol. The monoisotopic (exact) mass is 664 g/mol. The first-order valence-electron chi connectivity index (χ1n) is 6.93.